The lowest BCUT2D eigenvalue weighted by molar-refractivity contribution is 0.218. The van der Waals surface area contributed by atoms with Crippen LogP contribution in [-0.2, 0) is 12.8 Å². The number of hydrogen-bond acceptors (Lipinski definition) is 2. The predicted molar refractivity (Wildman–Crippen MR) is 79.5 cm³/mol. The van der Waals surface area contributed by atoms with E-state index in [1.807, 2.05) is 6.07 Å². The van der Waals surface area contributed by atoms with Crippen LogP contribution in [0.4, 0.5) is 4.39 Å². The van der Waals surface area contributed by atoms with E-state index < -0.39 is 11.9 Å². The Balaban J connectivity index is 1.99. The number of aliphatic hydroxyl groups excluding tert-OH is 1. The van der Waals surface area contributed by atoms with Gasteiger partial charge >= 0.3 is 0 Å². The van der Waals surface area contributed by atoms with E-state index in [4.69, 9.17) is 11.6 Å². The second-order valence-electron chi connectivity index (χ2n) is 4.64. The molecule has 1 heterocycles. The average molecular weight is 362 g/mol. The summed E-state index contributed by atoms with van der Waals surface area (Å²) < 4.78 is 14.4. The molecule has 1 unspecified atom stereocenters. The molecular weight excluding hydrogens is 351 g/mol. The molecule has 0 spiro atoms. The van der Waals surface area contributed by atoms with Gasteiger partial charge in [-0.1, -0.05) is 11.6 Å². The maximum absolute atomic E-state index is 13.9. The summed E-state index contributed by atoms with van der Waals surface area (Å²) in [5.74, 6) is -0.447. The molecule has 0 aliphatic heterocycles. The van der Waals surface area contributed by atoms with E-state index in [-0.39, 0.29) is 5.56 Å². The van der Waals surface area contributed by atoms with Crippen molar-refractivity contribution in [3.63, 3.8) is 0 Å². The van der Waals surface area contributed by atoms with Gasteiger partial charge < -0.3 is 5.11 Å². The van der Waals surface area contributed by atoms with E-state index in [2.05, 4.69) is 15.9 Å². The normalized spacial score (nSPS) is 15.6. The van der Waals surface area contributed by atoms with Gasteiger partial charge in [-0.3, -0.25) is 0 Å². The van der Waals surface area contributed by atoms with Gasteiger partial charge in [0.05, 0.1) is 5.02 Å². The van der Waals surface area contributed by atoms with Crippen molar-refractivity contribution in [3.8, 4) is 0 Å². The first-order chi connectivity index (χ1) is 9.06. The number of aliphatic hydroxyl groups is 1. The van der Waals surface area contributed by atoms with Crippen LogP contribution in [0.1, 0.15) is 33.4 Å². The molecule has 5 heteroatoms. The fraction of sp³-hybridized carbons (Fsp3) is 0.286. The van der Waals surface area contributed by atoms with Crippen molar-refractivity contribution in [1.29, 1.82) is 0 Å². The van der Waals surface area contributed by atoms with E-state index in [1.54, 1.807) is 11.3 Å². The Hall–Kier alpha value is -0.420. The largest absolute Gasteiger partial charge is 0.383 e. The van der Waals surface area contributed by atoms with Crippen LogP contribution >= 0.6 is 38.9 Å². The first-order valence-corrected chi connectivity index (χ1v) is 7.99. The number of benzene rings is 1. The summed E-state index contributed by atoms with van der Waals surface area (Å²) in [5, 5.41) is 10.7. The van der Waals surface area contributed by atoms with E-state index in [0.717, 1.165) is 17.7 Å². The van der Waals surface area contributed by atoms with Crippen LogP contribution in [0.25, 0.3) is 0 Å². The molecule has 1 aliphatic rings. The number of fused-ring (bicyclic) bond motifs is 1. The van der Waals surface area contributed by atoms with Gasteiger partial charge in [0.2, 0.25) is 0 Å². The summed E-state index contributed by atoms with van der Waals surface area (Å²) >= 11 is 10.7. The summed E-state index contributed by atoms with van der Waals surface area (Å²) in [5.41, 5.74) is 1.52. The molecule has 2 aromatic rings. The van der Waals surface area contributed by atoms with Crippen molar-refractivity contribution < 1.29 is 9.50 Å². The Morgan fingerprint density at radius 1 is 1.32 bits per heavy atom. The molecule has 0 fully saturated rings. The number of rotatable bonds is 2. The predicted octanol–water partition coefficient (Wildman–Crippen LogP) is 4.87. The smallest absolute Gasteiger partial charge is 0.130 e. The summed E-state index contributed by atoms with van der Waals surface area (Å²) in [6.07, 6.45) is 2.36. The first kappa shape index (κ1) is 13.6. The van der Waals surface area contributed by atoms with E-state index in [9.17, 15) is 9.50 Å². The molecule has 1 atom stereocenters. The van der Waals surface area contributed by atoms with Crippen LogP contribution in [0.15, 0.2) is 22.7 Å². The van der Waals surface area contributed by atoms with Crippen LogP contribution < -0.4 is 0 Å². The molecular formula is C14H11BrClFOS. The van der Waals surface area contributed by atoms with Gasteiger partial charge in [-0.25, -0.2) is 4.39 Å². The quantitative estimate of drug-likeness (QED) is 0.756. The average Bonchev–Trinajstić information content (AvgIpc) is 2.93. The molecule has 0 saturated heterocycles. The number of thiophene rings is 1. The van der Waals surface area contributed by atoms with Crippen molar-refractivity contribution in [3.05, 3.63) is 54.4 Å². The molecule has 1 aromatic carbocycles. The molecule has 1 nitrogen and oxygen atoms in total. The fourth-order valence-electron chi connectivity index (χ4n) is 2.39. The van der Waals surface area contributed by atoms with Gasteiger partial charge in [-0.05, 0) is 59.0 Å². The van der Waals surface area contributed by atoms with Crippen LogP contribution in [-0.4, -0.2) is 5.11 Å². The number of halogens is 3. The van der Waals surface area contributed by atoms with Crippen molar-refractivity contribution in [1.82, 2.24) is 0 Å². The molecule has 0 saturated carbocycles. The highest BCUT2D eigenvalue weighted by molar-refractivity contribution is 9.10. The molecule has 1 aromatic heterocycles. The Bertz CT molecular complexity index is 619. The summed E-state index contributed by atoms with van der Waals surface area (Å²) in [4.78, 5) is 2.11. The van der Waals surface area contributed by atoms with Crippen molar-refractivity contribution in [2.24, 2.45) is 0 Å². The third-order valence-electron chi connectivity index (χ3n) is 3.37. The van der Waals surface area contributed by atoms with E-state index in [1.165, 1.54) is 29.0 Å². The fourth-order valence-corrected chi connectivity index (χ4v) is 4.14. The molecule has 0 radical (unpaired) electrons. The molecule has 1 N–H and O–H groups in total. The van der Waals surface area contributed by atoms with Crippen LogP contribution in [0, 0.1) is 5.82 Å². The number of aryl methyl sites for hydroxylation is 2. The first-order valence-electron chi connectivity index (χ1n) is 6.00. The summed E-state index contributed by atoms with van der Waals surface area (Å²) in [7, 11) is 0. The van der Waals surface area contributed by atoms with Crippen LogP contribution in [0.5, 0.6) is 0 Å². The lowest BCUT2D eigenvalue weighted by atomic mass is 10.1. The summed E-state index contributed by atoms with van der Waals surface area (Å²) in [6, 6.07) is 4.77. The SMILES string of the molecule is OC(c1cc2c(s1)CCC2)c1cc(Cl)c(Br)cc1F. The molecule has 3 rings (SSSR count). The van der Waals surface area contributed by atoms with Gasteiger partial charge in [0, 0.05) is 19.8 Å². The van der Waals surface area contributed by atoms with Crippen molar-refractivity contribution >= 4 is 38.9 Å². The van der Waals surface area contributed by atoms with Gasteiger partial charge in [-0.2, -0.15) is 0 Å². The zero-order valence-corrected chi connectivity index (χ0v) is 13.1. The molecule has 19 heavy (non-hydrogen) atoms. The van der Waals surface area contributed by atoms with Crippen LogP contribution in [0.3, 0.4) is 0 Å². The third-order valence-corrected chi connectivity index (χ3v) is 5.86. The van der Waals surface area contributed by atoms with Gasteiger partial charge in [0.25, 0.3) is 0 Å². The van der Waals surface area contributed by atoms with E-state index in [0.29, 0.717) is 9.50 Å². The topological polar surface area (TPSA) is 20.2 Å². The highest BCUT2D eigenvalue weighted by Crippen LogP contribution is 2.38. The molecule has 0 amide bonds. The Labute approximate surface area is 128 Å². The minimum absolute atomic E-state index is 0.230. The lowest BCUT2D eigenvalue weighted by Gasteiger charge is -2.11. The molecule has 1 aliphatic carbocycles. The van der Waals surface area contributed by atoms with E-state index >= 15 is 0 Å². The molecule has 0 bridgehead atoms. The maximum Gasteiger partial charge on any atom is 0.130 e. The number of hydrogen-bond donors (Lipinski definition) is 1. The zero-order valence-electron chi connectivity index (χ0n) is 9.92. The third kappa shape index (κ3) is 2.47. The second kappa shape index (κ2) is 5.17. The maximum atomic E-state index is 13.9. The van der Waals surface area contributed by atoms with Gasteiger partial charge in [0.15, 0.2) is 0 Å². The second-order valence-corrected chi connectivity index (χ2v) is 7.07. The Kier molecular flexibility index (Phi) is 3.69. The Morgan fingerprint density at radius 2 is 2.11 bits per heavy atom. The molecule has 100 valence electrons. The standard InChI is InChI=1S/C14H11BrClFOS/c15-9-6-11(17)8(5-10(9)16)14(18)13-4-7-2-1-3-12(7)19-13/h4-6,14,18H,1-3H2. The highest BCUT2D eigenvalue weighted by Gasteiger charge is 2.22. The minimum Gasteiger partial charge on any atom is -0.383 e. The Morgan fingerprint density at radius 3 is 2.84 bits per heavy atom. The minimum atomic E-state index is -0.943. The summed E-state index contributed by atoms with van der Waals surface area (Å²) in [6.45, 7) is 0. The van der Waals surface area contributed by atoms with Crippen molar-refractivity contribution in [2.45, 2.75) is 25.4 Å². The zero-order chi connectivity index (χ0) is 13.6. The monoisotopic (exact) mass is 360 g/mol. The van der Waals surface area contributed by atoms with Gasteiger partial charge in [-0.15, -0.1) is 11.3 Å². The lowest BCUT2D eigenvalue weighted by Crippen LogP contribution is -2.01. The van der Waals surface area contributed by atoms with Crippen LogP contribution in [0.2, 0.25) is 5.02 Å². The van der Waals surface area contributed by atoms with Crippen molar-refractivity contribution in [2.75, 3.05) is 0 Å². The van der Waals surface area contributed by atoms with Gasteiger partial charge in [0.1, 0.15) is 11.9 Å². The highest BCUT2D eigenvalue weighted by atomic mass is 79.9.